The van der Waals surface area contributed by atoms with Gasteiger partial charge in [0.05, 0.1) is 5.69 Å². The molecule has 3 heterocycles. The van der Waals surface area contributed by atoms with Crippen molar-refractivity contribution >= 4 is 5.71 Å². The molecule has 3 aromatic heterocycles. The minimum absolute atomic E-state index is 0.517. The van der Waals surface area contributed by atoms with Crippen LogP contribution in [0.2, 0.25) is 0 Å². The summed E-state index contributed by atoms with van der Waals surface area (Å²) in [6, 6.07) is 11.9. The van der Waals surface area contributed by atoms with E-state index in [0.717, 1.165) is 52.7 Å². The van der Waals surface area contributed by atoms with E-state index in [4.69, 9.17) is 4.84 Å². The molecule has 0 aliphatic rings. The van der Waals surface area contributed by atoms with Gasteiger partial charge in [-0.3, -0.25) is 4.98 Å². The third kappa shape index (κ3) is 5.91. The van der Waals surface area contributed by atoms with Gasteiger partial charge in [0.25, 0.3) is 0 Å². The summed E-state index contributed by atoms with van der Waals surface area (Å²) in [5.74, 6) is 0.666. The lowest BCUT2D eigenvalue weighted by Gasteiger charge is -2.07. The molecule has 29 heavy (non-hydrogen) atoms. The fourth-order valence-electron chi connectivity index (χ4n) is 3.08. The second-order valence-electron chi connectivity index (χ2n) is 7.27. The largest absolute Gasteiger partial charge is 0.396 e. The van der Waals surface area contributed by atoms with Crippen molar-refractivity contribution in [3.8, 4) is 11.5 Å². The Balaban J connectivity index is 1.58. The summed E-state index contributed by atoms with van der Waals surface area (Å²) in [5, 5.41) is 4.21. The van der Waals surface area contributed by atoms with Crippen LogP contribution in [0.5, 0.6) is 0 Å². The molecule has 0 amide bonds. The Morgan fingerprint density at radius 3 is 2.45 bits per heavy atom. The van der Waals surface area contributed by atoms with Gasteiger partial charge in [-0.05, 0) is 83.4 Å². The van der Waals surface area contributed by atoms with E-state index in [9.17, 15) is 0 Å². The van der Waals surface area contributed by atoms with E-state index in [2.05, 4.69) is 32.0 Å². The molecule has 150 valence electrons. The van der Waals surface area contributed by atoms with Crippen LogP contribution in [0.1, 0.15) is 47.4 Å². The van der Waals surface area contributed by atoms with E-state index in [-0.39, 0.29) is 0 Å². The summed E-state index contributed by atoms with van der Waals surface area (Å²) in [4.78, 5) is 23.7. The summed E-state index contributed by atoms with van der Waals surface area (Å²) < 4.78 is 0. The second kappa shape index (κ2) is 9.37. The molecular weight excluding hydrogens is 362 g/mol. The van der Waals surface area contributed by atoms with Gasteiger partial charge >= 0.3 is 0 Å². The van der Waals surface area contributed by atoms with Crippen LogP contribution in [0.3, 0.4) is 0 Å². The van der Waals surface area contributed by atoms with Gasteiger partial charge in [0.1, 0.15) is 18.0 Å². The van der Waals surface area contributed by atoms with Crippen molar-refractivity contribution in [1.82, 2.24) is 19.9 Å². The smallest absolute Gasteiger partial charge is 0.178 e. The average Bonchev–Trinajstić information content (AvgIpc) is 2.66. The average molecular weight is 390 g/mol. The summed E-state index contributed by atoms with van der Waals surface area (Å²) in [6.45, 7) is 10.4. The van der Waals surface area contributed by atoms with E-state index in [0.29, 0.717) is 12.4 Å². The minimum atomic E-state index is 0.517. The van der Waals surface area contributed by atoms with Crippen molar-refractivity contribution in [2.45, 2.75) is 47.5 Å². The zero-order chi connectivity index (χ0) is 20.8. The van der Waals surface area contributed by atoms with Gasteiger partial charge < -0.3 is 4.84 Å². The van der Waals surface area contributed by atoms with E-state index in [1.165, 1.54) is 5.56 Å². The highest BCUT2D eigenvalue weighted by atomic mass is 16.6. The summed E-state index contributed by atoms with van der Waals surface area (Å²) in [5.41, 5.74) is 7.45. The number of oxime groups is 1. The molecule has 6 nitrogen and oxygen atoms in total. The Hall–Kier alpha value is -3.15. The number of rotatable bonds is 7. The molecule has 0 unspecified atom stereocenters. The van der Waals surface area contributed by atoms with Crippen molar-refractivity contribution in [3.05, 3.63) is 70.4 Å². The predicted molar refractivity (Wildman–Crippen MR) is 115 cm³/mol. The van der Waals surface area contributed by atoms with E-state index in [1.54, 1.807) is 0 Å². The molecule has 3 rings (SSSR count). The van der Waals surface area contributed by atoms with Crippen LogP contribution in [0.25, 0.3) is 11.5 Å². The maximum absolute atomic E-state index is 5.50. The van der Waals surface area contributed by atoms with Crippen molar-refractivity contribution in [2.24, 2.45) is 5.16 Å². The van der Waals surface area contributed by atoms with Crippen molar-refractivity contribution in [1.29, 1.82) is 0 Å². The van der Waals surface area contributed by atoms with Crippen LogP contribution < -0.4 is 0 Å². The molecule has 0 aliphatic carbocycles. The highest BCUT2D eigenvalue weighted by Crippen LogP contribution is 2.15. The van der Waals surface area contributed by atoms with Crippen LogP contribution in [-0.2, 0) is 11.3 Å². The Morgan fingerprint density at radius 1 is 0.897 bits per heavy atom. The summed E-state index contributed by atoms with van der Waals surface area (Å²) in [6.07, 6.45) is 1.60. The maximum Gasteiger partial charge on any atom is 0.178 e. The normalized spacial score (nSPS) is 11.6. The number of hydrogen-bond acceptors (Lipinski definition) is 6. The molecule has 0 radical (unpaired) electrons. The molecule has 0 saturated heterocycles. The molecule has 0 bridgehead atoms. The van der Waals surface area contributed by atoms with Crippen molar-refractivity contribution < 1.29 is 4.84 Å². The quantitative estimate of drug-likeness (QED) is 0.337. The van der Waals surface area contributed by atoms with Gasteiger partial charge in [0.2, 0.25) is 0 Å². The fraction of sp³-hybridized carbons (Fsp3) is 0.348. The van der Waals surface area contributed by atoms with Gasteiger partial charge in [-0.2, -0.15) is 0 Å². The highest BCUT2D eigenvalue weighted by molar-refractivity contribution is 5.96. The standard InChI is InChI=1S/C23H27N5O/c1-15-12-17(3)25-22(13-15)19(5)28-29-11-7-9-20-14-18(4)26-23(27-20)21-10-6-8-16(2)24-21/h6,8,10,12-14H,7,9,11H2,1-5H3/b28-19+. The Kier molecular flexibility index (Phi) is 6.65. The molecule has 0 aliphatic heterocycles. The lowest BCUT2D eigenvalue weighted by Crippen LogP contribution is -2.04. The first-order valence-electron chi connectivity index (χ1n) is 9.81. The summed E-state index contributed by atoms with van der Waals surface area (Å²) >= 11 is 0. The van der Waals surface area contributed by atoms with E-state index in [1.807, 2.05) is 64.1 Å². The minimum Gasteiger partial charge on any atom is -0.396 e. The number of nitrogens with zero attached hydrogens (tertiary/aromatic N) is 5. The molecule has 3 aromatic rings. The van der Waals surface area contributed by atoms with E-state index < -0.39 is 0 Å². The summed E-state index contributed by atoms with van der Waals surface area (Å²) in [7, 11) is 0. The third-order valence-corrected chi connectivity index (χ3v) is 4.36. The Morgan fingerprint density at radius 2 is 1.69 bits per heavy atom. The predicted octanol–water partition coefficient (Wildman–Crippen LogP) is 4.54. The van der Waals surface area contributed by atoms with Crippen LogP contribution in [-0.4, -0.2) is 32.3 Å². The molecule has 0 saturated carbocycles. The molecule has 6 heteroatoms. The Bertz CT molecular complexity index is 1010. The van der Waals surface area contributed by atoms with Gasteiger partial charge in [-0.1, -0.05) is 11.2 Å². The molecule has 0 spiro atoms. The third-order valence-electron chi connectivity index (χ3n) is 4.36. The number of pyridine rings is 2. The molecule has 0 aromatic carbocycles. The first-order chi connectivity index (χ1) is 13.9. The monoisotopic (exact) mass is 389 g/mol. The molecule has 0 fully saturated rings. The highest BCUT2D eigenvalue weighted by Gasteiger charge is 2.07. The number of aryl methyl sites for hydroxylation is 5. The van der Waals surface area contributed by atoms with Gasteiger partial charge in [0.15, 0.2) is 5.82 Å². The van der Waals surface area contributed by atoms with Crippen LogP contribution in [0, 0.1) is 27.7 Å². The molecule has 0 N–H and O–H groups in total. The lowest BCUT2D eigenvalue weighted by atomic mass is 10.2. The molecule has 0 atom stereocenters. The van der Waals surface area contributed by atoms with Crippen LogP contribution in [0.15, 0.2) is 41.6 Å². The zero-order valence-electron chi connectivity index (χ0n) is 17.7. The van der Waals surface area contributed by atoms with Crippen molar-refractivity contribution in [3.63, 3.8) is 0 Å². The first kappa shape index (κ1) is 20.6. The second-order valence-corrected chi connectivity index (χ2v) is 7.27. The van der Waals surface area contributed by atoms with Crippen LogP contribution >= 0.6 is 0 Å². The topological polar surface area (TPSA) is 73.2 Å². The fourth-order valence-corrected chi connectivity index (χ4v) is 3.08. The maximum atomic E-state index is 5.50. The number of aromatic nitrogens is 4. The van der Waals surface area contributed by atoms with Gasteiger partial charge in [-0.25, -0.2) is 15.0 Å². The van der Waals surface area contributed by atoms with Gasteiger partial charge in [0, 0.05) is 22.8 Å². The lowest BCUT2D eigenvalue weighted by molar-refractivity contribution is 0.141. The SMILES string of the molecule is C/C(=N\OCCCc1cc(C)nc(-c2cccc(C)n2)n1)c1cc(C)cc(C)n1. The number of hydrogen-bond donors (Lipinski definition) is 0. The first-order valence-corrected chi connectivity index (χ1v) is 9.81. The van der Waals surface area contributed by atoms with Crippen LogP contribution in [0.4, 0.5) is 0 Å². The van der Waals surface area contributed by atoms with E-state index >= 15 is 0 Å². The van der Waals surface area contributed by atoms with Gasteiger partial charge in [-0.15, -0.1) is 0 Å². The Labute approximate surface area is 172 Å². The van der Waals surface area contributed by atoms with Crippen molar-refractivity contribution in [2.75, 3.05) is 6.61 Å². The zero-order valence-corrected chi connectivity index (χ0v) is 17.7. The molecular formula is C23H27N5O.